The molecule has 0 atom stereocenters. The van der Waals surface area contributed by atoms with Gasteiger partial charge in [-0.3, -0.25) is 0 Å². The molecule has 0 radical (unpaired) electrons. The Bertz CT molecular complexity index is 318. The lowest BCUT2D eigenvalue weighted by Crippen LogP contribution is -2.07. The summed E-state index contributed by atoms with van der Waals surface area (Å²) in [5.74, 6) is 0.801. The Kier molecular flexibility index (Phi) is 4.81. The molecule has 0 N–H and O–H groups in total. The van der Waals surface area contributed by atoms with E-state index in [2.05, 4.69) is 15.9 Å². The monoisotopic (exact) mass is 280 g/mol. The summed E-state index contributed by atoms with van der Waals surface area (Å²) in [5, 5.41) is 0.641. The second kappa shape index (κ2) is 5.90. The van der Waals surface area contributed by atoms with Crippen molar-refractivity contribution in [1.29, 1.82) is 0 Å². The molecule has 5 heteroatoms. The first kappa shape index (κ1) is 12.2. The van der Waals surface area contributed by atoms with Gasteiger partial charge in [0.2, 0.25) is 0 Å². The zero-order valence-corrected chi connectivity index (χ0v) is 9.76. The standard InChI is InChI=1S/C10H11BrF2O2/c1-14-8-3-2-7(5-11)4-9(8)15-6-10(12)13/h2-4,10H,5-6H2,1H3. The topological polar surface area (TPSA) is 18.5 Å². The van der Waals surface area contributed by atoms with Crippen LogP contribution in [0.3, 0.4) is 0 Å². The molecule has 0 saturated heterocycles. The third kappa shape index (κ3) is 3.66. The van der Waals surface area contributed by atoms with E-state index in [1.54, 1.807) is 12.1 Å². The lowest BCUT2D eigenvalue weighted by Gasteiger charge is -2.11. The summed E-state index contributed by atoms with van der Waals surface area (Å²) in [5.41, 5.74) is 0.945. The Hall–Kier alpha value is -0.840. The van der Waals surface area contributed by atoms with E-state index < -0.39 is 13.0 Å². The van der Waals surface area contributed by atoms with Crippen LogP contribution in [0.1, 0.15) is 5.56 Å². The maximum Gasteiger partial charge on any atom is 0.272 e. The van der Waals surface area contributed by atoms with Crippen LogP contribution < -0.4 is 9.47 Å². The third-order valence-corrected chi connectivity index (χ3v) is 2.39. The highest BCUT2D eigenvalue weighted by molar-refractivity contribution is 9.08. The number of methoxy groups -OCH3 is 1. The van der Waals surface area contributed by atoms with Gasteiger partial charge in [-0.2, -0.15) is 0 Å². The van der Waals surface area contributed by atoms with E-state index in [1.807, 2.05) is 6.07 Å². The molecule has 0 spiro atoms. The second-order valence-corrected chi connectivity index (χ2v) is 3.38. The van der Waals surface area contributed by atoms with E-state index in [0.29, 0.717) is 16.8 Å². The van der Waals surface area contributed by atoms with Crippen LogP contribution >= 0.6 is 15.9 Å². The first-order valence-electron chi connectivity index (χ1n) is 4.31. The van der Waals surface area contributed by atoms with Crippen molar-refractivity contribution in [2.24, 2.45) is 0 Å². The Morgan fingerprint density at radius 3 is 2.60 bits per heavy atom. The van der Waals surface area contributed by atoms with E-state index in [4.69, 9.17) is 9.47 Å². The number of hydrogen-bond donors (Lipinski definition) is 0. The van der Waals surface area contributed by atoms with Gasteiger partial charge in [0.05, 0.1) is 7.11 Å². The first-order chi connectivity index (χ1) is 7.17. The summed E-state index contributed by atoms with van der Waals surface area (Å²) in [6, 6.07) is 5.20. The van der Waals surface area contributed by atoms with E-state index in [-0.39, 0.29) is 0 Å². The molecule has 0 heterocycles. The second-order valence-electron chi connectivity index (χ2n) is 2.82. The average Bonchev–Trinajstić information content (AvgIpc) is 2.25. The van der Waals surface area contributed by atoms with Gasteiger partial charge >= 0.3 is 0 Å². The molecule has 0 saturated carbocycles. The van der Waals surface area contributed by atoms with Crippen LogP contribution in [-0.2, 0) is 5.33 Å². The van der Waals surface area contributed by atoms with E-state index in [9.17, 15) is 8.78 Å². The van der Waals surface area contributed by atoms with Crippen molar-refractivity contribution in [3.05, 3.63) is 23.8 Å². The molecular weight excluding hydrogens is 270 g/mol. The van der Waals surface area contributed by atoms with Gasteiger partial charge in [0.25, 0.3) is 6.43 Å². The molecule has 0 aliphatic heterocycles. The van der Waals surface area contributed by atoms with Crippen LogP contribution in [0, 0.1) is 0 Å². The average molecular weight is 281 g/mol. The fourth-order valence-electron chi connectivity index (χ4n) is 1.07. The van der Waals surface area contributed by atoms with E-state index in [1.165, 1.54) is 7.11 Å². The van der Waals surface area contributed by atoms with Crippen molar-refractivity contribution >= 4 is 15.9 Å². The predicted octanol–water partition coefficient (Wildman–Crippen LogP) is 3.23. The highest BCUT2D eigenvalue weighted by atomic mass is 79.9. The fraction of sp³-hybridized carbons (Fsp3) is 0.400. The summed E-state index contributed by atoms with van der Waals surface area (Å²) in [7, 11) is 1.47. The van der Waals surface area contributed by atoms with Crippen LogP contribution in [0.25, 0.3) is 0 Å². The third-order valence-electron chi connectivity index (χ3n) is 1.75. The highest BCUT2D eigenvalue weighted by Gasteiger charge is 2.08. The molecule has 0 bridgehead atoms. The van der Waals surface area contributed by atoms with Crippen molar-refractivity contribution in [3.63, 3.8) is 0 Å². The molecule has 0 aromatic heterocycles. The first-order valence-corrected chi connectivity index (χ1v) is 5.43. The van der Waals surface area contributed by atoms with Gasteiger partial charge in [-0.1, -0.05) is 22.0 Å². The van der Waals surface area contributed by atoms with Crippen LogP contribution in [0.4, 0.5) is 8.78 Å². The molecule has 1 aromatic rings. The summed E-state index contributed by atoms with van der Waals surface area (Å²) >= 11 is 3.27. The molecule has 1 rings (SSSR count). The number of alkyl halides is 3. The molecule has 15 heavy (non-hydrogen) atoms. The van der Waals surface area contributed by atoms with Crippen molar-refractivity contribution in [1.82, 2.24) is 0 Å². The van der Waals surface area contributed by atoms with E-state index in [0.717, 1.165) is 5.56 Å². The molecule has 84 valence electrons. The highest BCUT2D eigenvalue weighted by Crippen LogP contribution is 2.29. The van der Waals surface area contributed by atoms with Gasteiger partial charge in [-0.05, 0) is 17.7 Å². The molecule has 0 aliphatic rings. The minimum Gasteiger partial charge on any atom is -0.493 e. The Labute approximate surface area is 95.3 Å². The van der Waals surface area contributed by atoms with Crippen molar-refractivity contribution in [2.75, 3.05) is 13.7 Å². The van der Waals surface area contributed by atoms with Crippen LogP contribution in [0.15, 0.2) is 18.2 Å². The smallest absolute Gasteiger partial charge is 0.272 e. The van der Waals surface area contributed by atoms with Crippen LogP contribution in [-0.4, -0.2) is 20.1 Å². The molecule has 0 fully saturated rings. The summed E-state index contributed by atoms with van der Waals surface area (Å²) < 4.78 is 33.9. The Morgan fingerprint density at radius 2 is 2.07 bits per heavy atom. The van der Waals surface area contributed by atoms with Crippen LogP contribution in [0.5, 0.6) is 11.5 Å². The molecule has 1 aromatic carbocycles. The van der Waals surface area contributed by atoms with Gasteiger partial charge in [-0.15, -0.1) is 0 Å². The normalized spacial score (nSPS) is 10.5. The summed E-state index contributed by atoms with van der Waals surface area (Å²) in [6.45, 7) is -0.623. The number of hydrogen-bond acceptors (Lipinski definition) is 2. The van der Waals surface area contributed by atoms with Gasteiger partial charge in [0, 0.05) is 5.33 Å². The molecule has 0 amide bonds. The van der Waals surface area contributed by atoms with Gasteiger partial charge in [-0.25, -0.2) is 8.78 Å². The molecule has 2 nitrogen and oxygen atoms in total. The minimum atomic E-state index is -2.48. The number of halogens is 3. The molecular formula is C10H11BrF2O2. The molecule has 0 unspecified atom stereocenters. The van der Waals surface area contributed by atoms with Crippen molar-refractivity contribution < 1.29 is 18.3 Å². The largest absolute Gasteiger partial charge is 0.493 e. The number of ether oxygens (including phenoxy) is 2. The minimum absolute atomic E-state index is 0.342. The zero-order chi connectivity index (χ0) is 11.3. The predicted molar refractivity (Wildman–Crippen MR) is 57.1 cm³/mol. The quantitative estimate of drug-likeness (QED) is 0.771. The van der Waals surface area contributed by atoms with Gasteiger partial charge in [0.15, 0.2) is 11.5 Å². The maximum absolute atomic E-state index is 12.0. The SMILES string of the molecule is COc1ccc(CBr)cc1OCC(F)F. The van der Waals surface area contributed by atoms with Crippen LogP contribution in [0.2, 0.25) is 0 Å². The van der Waals surface area contributed by atoms with Gasteiger partial charge in [0.1, 0.15) is 6.61 Å². The Morgan fingerprint density at radius 1 is 1.33 bits per heavy atom. The Balaban J connectivity index is 2.81. The van der Waals surface area contributed by atoms with E-state index >= 15 is 0 Å². The molecule has 0 aliphatic carbocycles. The zero-order valence-electron chi connectivity index (χ0n) is 8.17. The number of benzene rings is 1. The summed E-state index contributed by atoms with van der Waals surface area (Å²) in [6.07, 6.45) is -2.48. The van der Waals surface area contributed by atoms with Crippen molar-refractivity contribution in [3.8, 4) is 11.5 Å². The fourth-order valence-corrected chi connectivity index (χ4v) is 1.42. The lowest BCUT2D eigenvalue weighted by atomic mass is 10.2. The summed E-state index contributed by atoms with van der Waals surface area (Å²) in [4.78, 5) is 0. The maximum atomic E-state index is 12.0. The van der Waals surface area contributed by atoms with Gasteiger partial charge < -0.3 is 9.47 Å². The lowest BCUT2D eigenvalue weighted by molar-refractivity contribution is 0.0804. The number of rotatable bonds is 5. The van der Waals surface area contributed by atoms with Crippen molar-refractivity contribution in [2.45, 2.75) is 11.8 Å².